The van der Waals surface area contributed by atoms with Gasteiger partial charge < -0.3 is 4.57 Å². The Bertz CT molecular complexity index is 3240. The van der Waals surface area contributed by atoms with E-state index in [0.29, 0.717) is 0 Å². The third-order valence-electron chi connectivity index (χ3n) is 12.5. The predicted octanol–water partition coefficient (Wildman–Crippen LogP) is 14.4. The third-order valence-corrected chi connectivity index (χ3v) is 12.5. The van der Waals surface area contributed by atoms with Gasteiger partial charge in [0.2, 0.25) is 0 Å². The van der Waals surface area contributed by atoms with E-state index in [-0.39, 0.29) is 5.41 Å². The smallest absolute Gasteiger partial charge is 0.0541 e. The molecule has 2 aliphatic rings. The summed E-state index contributed by atoms with van der Waals surface area (Å²) in [7, 11) is 0. The maximum Gasteiger partial charge on any atom is 0.0541 e. The number of aromatic nitrogens is 1. The average Bonchev–Trinajstić information content (AvgIpc) is 3.81. The van der Waals surface area contributed by atoms with Crippen LogP contribution in [0.5, 0.6) is 0 Å². The minimum absolute atomic E-state index is 0.0266. The molecular weight excluding hydrogens is 651 g/mol. The molecule has 0 bridgehead atoms. The van der Waals surface area contributed by atoms with E-state index in [1.54, 1.807) is 0 Å². The summed E-state index contributed by atoms with van der Waals surface area (Å²) in [6.45, 7) is 4.71. The highest BCUT2D eigenvalue weighted by molar-refractivity contribution is 6.16. The molecule has 0 amide bonds. The highest BCUT2D eigenvalue weighted by Gasteiger charge is 2.35. The maximum absolute atomic E-state index is 2.43. The Morgan fingerprint density at radius 2 is 0.981 bits per heavy atom. The zero-order valence-electron chi connectivity index (χ0n) is 30.2. The van der Waals surface area contributed by atoms with Crippen molar-refractivity contribution in [1.29, 1.82) is 0 Å². The first-order chi connectivity index (χ1) is 26.5. The van der Waals surface area contributed by atoms with Gasteiger partial charge >= 0.3 is 0 Å². The number of hydrogen-bond acceptors (Lipinski definition) is 0. The number of rotatable bonds is 3. The Labute approximate surface area is 314 Å². The summed E-state index contributed by atoms with van der Waals surface area (Å²) in [6.07, 6.45) is 0. The summed E-state index contributed by atoms with van der Waals surface area (Å²) >= 11 is 0. The van der Waals surface area contributed by atoms with Gasteiger partial charge in [-0.1, -0.05) is 135 Å². The van der Waals surface area contributed by atoms with E-state index in [1.807, 2.05) is 0 Å². The van der Waals surface area contributed by atoms with Crippen LogP contribution in [0.3, 0.4) is 0 Å². The Morgan fingerprint density at radius 3 is 1.89 bits per heavy atom. The first-order valence-corrected chi connectivity index (χ1v) is 19.0. The summed E-state index contributed by atoms with van der Waals surface area (Å²) in [4.78, 5) is 0. The number of para-hydroxylation sites is 1. The molecule has 1 nitrogen and oxygen atoms in total. The number of benzene rings is 9. The fourth-order valence-electron chi connectivity index (χ4n) is 9.85. The molecular formula is C53H35N. The van der Waals surface area contributed by atoms with E-state index in [9.17, 15) is 0 Å². The molecule has 252 valence electrons. The number of fused-ring (bicyclic) bond motifs is 10. The van der Waals surface area contributed by atoms with Crippen molar-refractivity contribution in [3.63, 3.8) is 0 Å². The van der Waals surface area contributed by atoms with Crippen LogP contribution in [0.2, 0.25) is 0 Å². The molecule has 0 saturated heterocycles. The summed E-state index contributed by atoms with van der Waals surface area (Å²) in [5.41, 5.74) is 19.5. The summed E-state index contributed by atoms with van der Waals surface area (Å²) in [5, 5.41) is 7.69. The lowest BCUT2D eigenvalue weighted by Gasteiger charge is -2.22. The highest BCUT2D eigenvalue weighted by Crippen LogP contribution is 2.51. The van der Waals surface area contributed by atoms with Crippen LogP contribution < -0.4 is 0 Å². The molecule has 0 radical (unpaired) electrons. The molecule has 1 aromatic heterocycles. The second-order valence-corrected chi connectivity index (χ2v) is 15.7. The van der Waals surface area contributed by atoms with E-state index in [4.69, 9.17) is 0 Å². The van der Waals surface area contributed by atoms with Gasteiger partial charge in [-0.3, -0.25) is 0 Å². The van der Waals surface area contributed by atoms with Crippen molar-refractivity contribution >= 4 is 43.4 Å². The molecule has 0 unspecified atom stereocenters. The molecule has 0 atom stereocenters. The highest BCUT2D eigenvalue weighted by atomic mass is 15.0. The van der Waals surface area contributed by atoms with Gasteiger partial charge in [0, 0.05) is 21.9 Å². The fraction of sp³-hybridized carbons (Fsp3) is 0.0566. The van der Waals surface area contributed by atoms with Crippen LogP contribution in [-0.4, -0.2) is 4.57 Å². The van der Waals surface area contributed by atoms with Crippen LogP contribution in [-0.2, 0) is 5.41 Å². The molecule has 0 aliphatic heterocycles. The molecule has 10 aromatic rings. The second-order valence-electron chi connectivity index (χ2n) is 15.7. The first-order valence-electron chi connectivity index (χ1n) is 19.0. The lowest BCUT2D eigenvalue weighted by atomic mass is 9.81. The van der Waals surface area contributed by atoms with E-state index in [0.717, 1.165) is 0 Å². The van der Waals surface area contributed by atoms with Gasteiger partial charge in [0.15, 0.2) is 0 Å². The van der Waals surface area contributed by atoms with Gasteiger partial charge in [-0.15, -0.1) is 0 Å². The third kappa shape index (κ3) is 4.04. The number of nitrogens with zero attached hydrogens (tertiary/aromatic N) is 1. The second kappa shape index (κ2) is 10.7. The van der Waals surface area contributed by atoms with Crippen molar-refractivity contribution in [2.24, 2.45) is 0 Å². The summed E-state index contributed by atoms with van der Waals surface area (Å²) < 4.78 is 2.43. The van der Waals surface area contributed by atoms with Crippen LogP contribution in [0.4, 0.5) is 0 Å². The molecule has 2 aliphatic carbocycles. The van der Waals surface area contributed by atoms with Crippen molar-refractivity contribution < 1.29 is 0 Å². The first kappa shape index (κ1) is 29.8. The van der Waals surface area contributed by atoms with Crippen LogP contribution in [0.1, 0.15) is 25.0 Å². The van der Waals surface area contributed by atoms with E-state index in [2.05, 4.69) is 194 Å². The standard InChI is InChI=1S/C53H35N/c1-53(2)48-16-7-5-13-42(48)43-24-21-36(31-49(43)53)35-22-25-51-46(29-35)44-14-6-8-17-50(44)54(51)39-23-20-32-26-33(18-19-34(32)28-39)38-27-37-10-9-15-45-40-11-3-4-12-41(40)47(30-38)52(37)45/h3-31H,1-2H3. The summed E-state index contributed by atoms with van der Waals surface area (Å²) in [5.74, 6) is 0. The van der Waals surface area contributed by atoms with E-state index in [1.165, 1.54) is 116 Å². The van der Waals surface area contributed by atoms with Crippen molar-refractivity contribution in [2.75, 3.05) is 0 Å². The minimum atomic E-state index is -0.0266. The fourth-order valence-corrected chi connectivity index (χ4v) is 9.85. The molecule has 0 spiro atoms. The van der Waals surface area contributed by atoms with Crippen LogP contribution in [0.25, 0.3) is 105 Å². The van der Waals surface area contributed by atoms with Crippen molar-refractivity contribution in [1.82, 2.24) is 4.57 Å². The molecule has 0 fully saturated rings. The molecule has 54 heavy (non-hydrogen) atoms. The summed E-state index contributed by atoms with van der Waals surface area (Å²) in [6, 6.07) is 65.9. The van der Waals surface area contributed by atoms with Gasteiger partial charge in [0.1, 0.15) is 0 Å². The van der Waals surface area contributed by atoms with Crippen molar-refractivity contribution in [3.05, 3.63) is 187 Å². The predicted molar refractivity (Wildman–Crippen MR) is 229 cm³/mol. The molecule has 1 heterocycles. The van der Waals surface area contributed by atoms with E-state index < -0.39 is 0 Å². The van der Waals surface area contributed by atoms with Gasteiger partial charge in [0.25, 0.3) is 0 Å². The van der Waals surface area contributed by atoms with Gasteiger partial charge in [-0.2, -0.15) is 0 Å². The Hall–Kier alpha value is -6.70. The molecule has 1 heteroatoms. The van der Waals surface area contributed by atoms with E-state index >= 15 is 0 Å². The van der Waals surface area contributed by atoms with Crippen molar-refractivity contribution in [3.8, 4) is 61.3 Å². The van der Waals surface area contributed by atoms with Gasteiger partial charge in [-0.05, 0) is 143 Å². The molecule has 9 aromatic carbocycles. The van der Waals surface area contributed by atoms with Crippen molar-refractivity contribution in [2.45, 2.75) is 19.3 Å². The zero-order chi connectivity index (χ0) is 35.7. The minimum Gasteiger partial charge on any atom is -0.309 e. The monoisotopic (exact) mass is 685 g/mol. The average molecular weight is 686 g/mol. The quantitative estimate of drug-likeness (QED) is 0.174. The lowest BCUT2D eigenvalue weighted by molar-refractivity contribution is 0.660. The topological polar surface area (TPSA) is 4.93 Å². The lowest BCUT2D eigenvalue weighted by Crippen LogP contribution is -2.14. The number of hydrogen-bond donors (Lipinski definition) is 0. The normalized spacial score (nSPS) is 13.5. The largest absolute Gasteiger partial charge is 0.309 e. The van der Waals surface area contributed by atoms with Crippen LogP contribution in [0, 0.1) is 0 Å². The molecule has 12 rings (SSSR count). The Kier molecular flexibility index (Phi) is 5.90. The molecule has 0 saturated carbocycles. The van der Waals surface area contributed by atoms with Crippen LogP contribution >= 0.6 is 0 Å². The Balaban J connectivity index is 0.952. The zero-order valence-corrected chi connectivity index (χ0v) is 30.2. The Morgan fingerprint density at radius 1 is 0.352 bits per heavy atom. The maximum atomic E-state index is 2.43. The van der Waals surface area contributed by atoms with Crippen LogP contribution in [0.15, 0.2) is 176 Å². The molecule has 0 N–H and O–H groups in total. The van der Waals surface area contributed by atoms with Gasteiger partial charge in [-0.25, -0.2) is 0 Å². The SMILES string of the molecule is CC1(C)c2ccccc2-c2ccc(-c3ccc4c(c3)c3ccccc3n4-c3ccc4cc(-c5cc6c7c(cccc7c5)-c5ccccc5-6)ccc4c3)cc21. The van der Waals surface area contributed by atoms with Gasteiger partial charge in [0.05, 0.1) is 11.0 Å².